The fraction of sp³-hybridized carbons (Fsp3) is 0.636. The third-order valence-corrected chi connectivity index (χ3v) is 5.86. The van der Waals surface area contributed by atoms with E-state index in [-0.39, 0.29) is 23.8 Å². The van der Waals surface area contributed by atoms with Crippen LogP contribution in [0.3, 0.4) is 0 Å². The first kappa shape index (κ1) is 21.6. The van der Waals surface area contributed by atoms with Crippen LogP contribution in [-0.2, 0) is 14.3 Å². The molecule has 0 saturated carbocycles. The number of piperazine rings is 1. The highest BCUT2D eigenvalue weighted by molar-refractivity contribution is 5.78. The van der Waals surface area contributed by atoms with Gasteiger partial charge in [-0.05, 0) is 19.2 Å². The number of likely N-dealkylation sites (N-methyl/N-ethyl adjacent to an activating group) is 1. The summed E-state index contributed by atoms with van der Waals surface area (Å²) in [6.07, 6.45) is 1.45. The van der Waals surface area contributed by atoms with Gasteiger partial charge < -0.3 is 24.2 Å². The summed E-state index contributed by atoms with van der Waals surface area (Å²) in [4.78, 5) is 31.5. The first-order valence-corrected chi connectivity index (χ1v) is 10.5. The zero-order valence-corrected chi connectivity index (χ0v) is 17.6. The number of methoxy groups -OCH3 is 1. The topological polar surface area (TPSA) is 62.3 Å². The van der Waals surface area contributed by atoms with Gasteiger partial charge in [-0.15, -0.1) is 0 Å². The molecule has 7 nitrogen and oxygen atoms in total. The highest BCUT2D eigenvalue weighted by atomic mass is 16.5. The molecule has 0 aromatic heterocycles. The molecular weight excluding hydrogens is 370 g/mol. The van der Waals surface area contributed by atoms with E-state index < -0.39 is 0 Å². The molecule has 0 bridgehead atoms. The van der Waals surface area contributed by atoms with Crippen LogP contribution in [0.1, 0.15) is 19.3 Å². The Morgan fingerprint density at radius 2 is 1.72 bits per heavy atom. The lowest BCUT2D eigenvalue weighted by atomic mass is 9.90. The molecule has 3 rings (SSSR count). The molecule has 2 heterocycles. The smallest absolute Gasteiger partial charge is 0.224 e. The maximum atomic E-state index is 12.9. The summed E-state index contributed by atoms with van der Waals surface area (Å²) in [5.41, 5.74) is 0. The quantitative estimate of drug-likeness (QED) is 0.690. The van der Waals surface area contributed by atoms with Crippen molar-refractivity contribution in [1.29, 1.82) is 0 Å². The van der Waals surface area contributed by atoms with Crippen LogP contribution in [0.5, 0.6) is 5.75 Å². The monoisotopic (exact) mass is 403 g/mol. The fourth-order valence-corrected chi connectivity index (χ4v) is 4.02. The average Bonchev–Trinajstić information content (AvgIpc) is 2.74. The van der Waals surface area contributed by atoms with Crippen LogP contribution in [-0.4, -0.2) is 92.7 Å². The fourth-order valence-electron chi connectivity index (χ4n) is 4.02. The van der Waals surface area contributed by atoms with E-state index in [0.717, 1.165) is 38.3 Å². The Morgan fingerprint density at radius 3 is 2.41 bits per heavy atom. The standard InChI is InChI=1S/C22H33N3O4/c1-23-11-13-24(14-12-23)22(27)16-18-17-25(21(26)9-15-28-2)10-8-20(18)29-19-6-4-3-5-7-19/h3-7,18,20H,8-17H2,1-2H3/t18-,20-/m0/s1. The first-order chi connectivity index (χ1) is 14.1. The summed E-state index contributed by atoms with van der Waals surface area (Å²) in [5, 5.41) is 0. The van der Waals surface area contributed by atoms with Gasteiger partial charge in [0.2, 0.25) is 11.8 Å². The summed E-state index contributed by atoms with van der Waals surface area (Å²) in [6.45, 7) is 4.97. The van der Waals surface area contributed by atoms with Gasteiger partial charge in [0.1, 0.15) is 11.9 Å². The van der Waals surface area contributed by atoms with E-state index in [2.05, 4.69) is 11.9 Å². The summed E-state index contributed by atoms with van der Waals surface area (Å²) < 4.78 is 11.3. The lowest BCUT2D eigenvalue weighted by molar-refractivity contribution is -0.140. The number of hydrogen-bond acceptors (Lipinski definition) is 5. The van der Waals surface area contributed by atoms with Gasteiger partial charge in [-0.25, -0.2) is 0 Å². The molecular formula is C22H33N3O4. The van der Waals surface area contributed by atoms with Crippen LogP contribution in [0.2, 0.25) is 0 Å². The summed E-state index contributed by atoms with van der Waals surface area (Å²) >= 11 is 0. The zero-order valence-electron chi connectivity index (χ0n) is 17.6. The molecule has 1 aromatic rings. The van der Waals surface area contributed by atoms with Gasteiger partial charge in [-0.3, -0.25) is 9.59 Å². The molecule has 7 heteroatoms. The number of para-hydroxylation sites is 1. The Bertz CT molecular complexity index is 661. The minimum Gasteiger partial charge on any atom is -0.490 e. The third-order valence-electron chi connectivity index (χ3n) is 5.86. The summed E-state index contributed by atoms with van der Waals surface area (Å²) in [5.74, 6) is 1.05. The van der Waals surface area contributed by atoms with E-state index in [9.17, 15) is 9.59 Å². The number of likely N-dealkylation sites (tertiary alicyclic amines) is 1. The van der Waals surface area contributed by atoms with Crippen LogP contribution < -0.4 is 4.74 Å². The second-order valence-corrected chi connectivity index (χ2v) is 7.99. The van der Waals surface area contributed by atoms with Gasteiger partial charge in [0.15, 0.2) is 0 Å². The average molecular weight is 404 g/mol. The molecule has 0 spiro atoms. The predicted octanol–water partition coefficient (Wildman–Crippen LogP) is 1.48. The van der Waals surface area contributed by atoms with Crippen molar-refractivity contribution in [2.75, 3.05) is 60.0 Å². The number of amides is 2. The summed E-state index contributed by atoms with van der Waals surface area (Å²) in [7, 11) is 3.68. The Balaban J connectivity index is 1.65. The Morgan fingerprint density at radius 1 is 1.00 bits per heavy atom. The van der Waals surface area contributed by atoms with Crippen LogP contribution in [0.25, 0.3) is 0 Å². The SMILES string of the molecule is COCCC(=O)N1CC[C@H](Oc2ccccc2)[C@@H](CC(=O)N2CCN(C)CC2)C1. The lowest BCUT2D eigenvalue weighted by Gasteiger charge is -2.40. The normalized spacial score (nSPS) is 23.1. The van der Waals surface area contributed by atoms with Crippen molar-refractivity contribution in [3.8, 4) is 5.75 Å². The number of carbonyl (C=O) groups excluding carboxylic acids is 2. The molecule has 2 aliphatic rings. The largest absolute Gasteiger partial charge is 0.490 e. The number of hydrogen-bond donors (Lipinski definition) is 0. The van der Waals surface area contributed by atoms with Gasteiger partial charge >= 0.3 is 0 Å². The molecule has 2 amide bonds. The first-order valence-electron chi connectivity index (χ1n) is 10.5. The van der Waals surface area contributed by atoms with E-state index in [4.69, 9.17) is 9.47 Å². The molecule has 2 atom stereocenters. The van der Waals surface area contributed by atoms with Gasteiger partial charge in [-0.1, -0.05) is 18.2 Å². The highest BCUT2D eigenvalue weighted by Gasteiger charge is 2.35. The molecule has 2 fully saturated rings. The zero-order chi connectivity index (χ0) is 20.6. The molecule has 1 aromatic carbocycles. The number of carbonyl (C=O) groups is 2. The molecule has 29 heavy (non-hydrogen) atoms. The van der Waals surface area contributed by atoms with Crippen LogP contribution in [0.4, 0.5) is 0 Å². The molecule has 0 aliphatic carbocycles. The van der Waals surface area contributed by atoms with Crippen molar-refractivity contribution in [2.24, 2.45) is 5.92 Å². The van der Waals surface area contributed by atoms with E-state index >= 15 is 0 Å². The maximum absolute atomic E-state index is 12.9. The number of benzene rings is 1. The second-order valence-electron chi connectivity index (χ2n) is 7.99. The lowest BCUT2D eigenvalue weighted by Crippen LogP contribution is -2.51. The number of nitrogens with zero attached hydrogens (tertiary/aromatic N) is 3. The predicted molar refractivity (Wildman–Crippen MR) is 111 cm³/mol. The van der Waals surface area contributed by atoms with Crippen molar-refractivity contribution in [3.05, 3.63) is 30.3 Å². The third kappa shape index (κ3) is 6.18. The van der Waals surface area contributed by atoms with Gasteiger partial charge in [0.25, 0.3) is 0 Å². The molecule has 2 saturated heterocycles. The minimum atomic E-state index is -0.0692. The number of ether oxygens (including phenoxy) is 2. The number of rotatable bonds is 7. The van der Waals surface area contributed by atoms with E-state index in [1.807, 2.05) is 40.1 Å². The van der Waals surface area contributed by atoms with E-state index in [1.54, 1.807) is 7.11 Å². The minimum absolute atomic E-state index is 0.0115. The van der Waals surface area contributed by atoms with Crippen molar-refractivity contribution < 1.29 is 19.1 Å². The van der Waals surface area contributed by atoms with Crippen LogP contribution >= 0.6 is 0 Å². The highest BCUT2D eigenvalue weighted by Crippen LogP contribution is 2.27. The van der Waals surface area contributed by atoms with Gasteiger partial charge in [-0.2, -0.15) is 0 Å². The molecule has 0 radical (unpaired) electrons. The van der Waals surface area contributed by atoms with Gasteiger partial charge in [0, 0.05) is 65.1 Å². The second kappa shape index (κ2) is 10.6. The molecule has 0 N–H and O–H groups in total. The molecule has 160 valence electrons. The van der Waals surface area contributed by atoms with Crippen LogP contribution in [0, 0.1) is 5.92 Å². The van der Waals surface area contributed by atoms with E-state index in [1.165, 1.54) is 0 Å². The summed E-state index contributed by atoms with van der Waals surface area (Å²) in [6, 6.07) is 9.73. The molecule has 0 unspecified atom stereocenters. The Labute approximate surface area is 173 Å². The number of piperidine rings is 1. The Hall–Kier alpha value is -2.12. The van der Waals surface area contributed by atoms with Crippen molar-refractivity contribution in [2.45, 2.75) is 25.4 Å². The van der Waals surface area contributed by atoms with Crippen molar-refractivity contribution in [1.82, 2.24) is 14.7 Å². The van der Waals surface area contributed by atoms with Crippen molar-refractivity contribution >= 4 is 11.8 Å². The van der Waals surface area contributed by atoms with Crippen LogP contribution in [0.15, 0.2) is 30.3 Å². The van der Waals surface area contributed by atoms with E-state index in [0.29, 0.717) is 32.5 Å². The Kier molecular flexibility index (Phi) is 7.89. The molecule has 2 aliphatic heterocycles. The maximum Gasteiger partial charge on any atom is 0.224 e. The van der Waals surface area contributed by atoms with Gasteiger partial charge in [0.05, 0.1) is 13.0 Å². The van der Waals surface area contributed by atoms with Crippen molar-refractivity contribution in [3.63, 3.8) is 0 Å².